The van der Waals surface area contributed by atoms with Gasteiger partial charge in [-0.05, 0) is 31.4 Å². The third kappa shape index (κ3) is 3.07. The molecule has 1 fully saturated rings. The van der Waals surface area contributed by atoms with Crippen LogP contribution in [0.25, 0.3) is 16.0 Å². The lowest BCUT2D eigenvalue weighted by atomic mass is 9.93. The van der Waals surface area contributed by atoms with Crippen LogP contribution in [0.5, 0.6) is 5.75 Å². The first-order chi connectivity index (χ1) is 12.0. The quantitative estimate of drug-likeness (QED) is 0.665. The number of aromatic hydroxyl groups is 1. The monoisotopic (exact) mass is 362 g/mol. The number of phenols is 1. The second kappa shape index (κ2) is 6.27. The standard InChI is InChI=1S/C17H19FN4O2S/c1-9-6-10(18)7-13(24)15(9)22-8-14-16(21-22)20-17(25-14)19-11-4-2-3-5-12(11)23/h6-8,11-12,23-24H,2-5H2,1H3,(H,19,20,21)/t11-,12-/m1/s1. The molecule has 1 aliphatic carbocycles. The molecule has 2 heterocycles. The molecule has 0 bridgehead atoms. The molecule has 0 aliphatic heterocycles. The third-order valence-corrected chi connectivity index (χ3v) is 5.50. The number of aliphatic hydroxyl groups is 1. The first-order valence-corrected chi connectivity index (χ1v) is 9.13. The molecule has 0 radical (unpaired) electrons. The van der Waals surface area contributed by atoms with Crippen molar-refractivity contribution in [2.24, 2.45) is 0 Å². The van der Waals surface area contributed by atoms with Gasteiger partial charge in [0.1, 0.15) is 17.3 Å². The van der Waals surface area contributed by atoms with Crippen LogP contribution in [0.15, 0.2) is 18.3 Å². The highest BCUT2D eigenvalue weighted by atomic mass is 32.1. The first kappa shape index (κ1) is 16.3. The van der Waals surface area contributed by atoms with Gasteiger partial charge in [-0.25, -0.2) is 9.07 Å². The van der Waals surface area contributed by atoms with Crippen LogP contribution in [0.2, 0.25) is 0 Å². The number of nitrogens with one attached hydrogen (secondary N) is 1. The van der Waals surface area contributed by atoms with E-state index < -0.39 is 5.82 Å². The number of rotatable bonds is 3. The van der Waals surface area contributed by atoms with Crippen molar-refractivity contribution in [1.82, 2.24) is 14.8 Å². The van der Waals surface area contributed by atoms with E-state index in [9.17, 15) is 14.6 Å². The van der Waals surface area contributed by atoms with Crippen LogP contribution in [0.3, 0.4) is 0 Å². The van der Waals surface area contributed by atoms with Gasteiger partial charge in [0.25, 0.3) is 0 Å². The Bertz CT molecular complexity index is 868. The van der Waals surface area contributed by atoms with Crippen LogP contribution in [-0.4, -0.2) is 37.1 Å². The molecule has 1 aromatic carbocycles. The lowest BCUT2D eigenvalue weighted by Gasteiger charge is -2.27. The maximum absolute atomic E-state index is 13.3. The van der Waals surface area contributed by atoms with Gasteiger partial charge >= 0.3 is 0 Å². The number of hydrogen-bond donors (Lipinski definition) is 3. The molecule has 8 heteroatoms. The molecule has 0 unspecified atom stereocenters. The molecule has 1 saturated carbocycles. The highest BCUT2D eigenvalue weighted by Crippen LogP contribution is 2.32. The molecule has 2 aromatic heterocycles. The smallest absolute Gasteiger partial charge is 0.194 e. The summed E-state index contributed by atoms with van der Waals surface area (Å²) in [6, 6.07) is 2.46. The molecule has 0 saturated heterocycles. The van der Waals surface area contributed by atoms with Crippen molar-refractivity contribution in [3.8, 4) is 11.4 Å². The maximum atomic E-state index is 13.3. The number of thiazole rings is 1. The van der Waals surface area contributed by atoms with E-state index in [1.165, 1.54) is 22.1 Å². The highest BCUT2D eigenvalue weighted by Gasteiger charge is 2.24. The van der Waals surface area contributed by atoms with Crippen molar-refractivity contribution in [3.05, 3.63) is 29.7 Å². The lowest BCUT2D eigenvalue weighted by Crippen LogP contribution is -2.36. The number of anilines is 1. The Morgan fingerprint density at radius 2 is 2.12 bits per heavy atom. The molecular formula is C17H19FN4O2S. The number of benzene rings is 1. The summed E-state index contributed by atoms with van der Waals surface area (Å²) in [5, 5.41) is 28.5. The second-order valence-corrected chi connectivity index (χ2v) is 7.50. The molecule has 4 rings (SSSR count). The average molecular weight is 362 g/mol. The molecule has 3 aromatic rings. The van der Waals surface area contributed by atoms with E-state index in [1.54, 1.807) is 13.1 Å². The zero-order valence-corrected chi connectivity index (χ0v) is 14.6. The fraction of sp³-hybridized carbons (Fsp3) is 0.412. The minimum Gasteiger partial charge on any atom is -0.506 e. The Hall–Kier alpha value is -2.19. The van der Waals surface area contributed by atoms with Crippen LogP contribution in [0, 0.1) is 12.7 Å². The fourth-order valence-electron chi connectivity index (χ4n) is 3.35. The van der Waals surface area contributed by atoms with Gasteiger partial charge in [-0.1, -0.05) is 24.2 Å². The Morgan fingerprint density at radius 3 is 2.84 bits per heavy atom. The van der Waals surface area contributed by atoms with Crippen LogP contribution >= 0.6 is 11.3 Å². The molecule has 3 N–H and O–H groups in total. The largest absolute Gasteiger partial charge is 0.506 e. The minimum absolute atomic E-state index is 0.0273. The van der Waals surface area contributed by atoms with Crippen molar-refractivity contribution >= 4 is 26.8 Å². The van der Waals surface area contributed by atoms with E-state index in [4.69, 9.17) is 0 Å². The van der Waals surface area contributed by atoms with Crippen LogP contribution in [0.1, 0.15) is 31.2 Å². The summed E-state index contributed by atoms with van der Waals surface area (Å²) in [5.41, 5.74) is 1.60. The van der Waals surface area contributed by atoms with E-state index in [2.05, 4.69) is 15.4 Å². The van der Waals surface area contributed by atoms with E-state index >= 15 is 0 Å². The number of nitrogens with zero attached hydrogens (tertiary/aromatic N) is 3. The Morgan fingerprint density at radius 1 is 1.32 bits per heavy atom. The van der Waals surface area contributed by atoms with Crippen LogP contribution < -0.4 is 5.32 Å². The van der Waals surface area contributed by atoms with Gasteiger partial charge in [-0.15, -0.1) is 5.10 Å². The van der Waals surface area contributed by atoms with E-state index in [-0.39, 0.29) is 17.9 Å². The summed E-state index contributed by atoms with van der Waals surface area (Å²) in [7, 11) is 0. The van der Waals surface area contributed by atoms with Crippen LogP contribution in [-0.2, 0) is 0 Å². The van der Waals surface area contributed by atoms with Gasteiger partial charge in [-0.3, -0.25) is 0 Å². The first-order valence-electron chi connectivity index (χ1n) is 8.31. The summed E-state index contributed by atoms with van der Waals surface area (Å²) in [6.45, 7) is 1.72. The molecular weight excluding hydrogens is 343 g/mol. The SMILES string of the molecule is Cc1cc(F)cc(O)c1-n1cc2sc(N[C@@H]3CCCC[C@H]3O)nc2n1. The van der Waals surface area contributed by atoms with Crippen molar-refractivity contribution in [3.63, 3.8) is 0 Å². The van der Waals surface area contributed by atoms with Crippen molar-refractivity contribution in [1.29, 1.82) is 0 Å². The van der Waals surface area contributed by atoms with Crippen molar-refractivity contribution in [2.75, 3.05) is 5.32 Å². The Balaban J connectivity index is 1.62. The molecule has 0 amide bonds. The predicted octanol–water partition coefficient (Wildman–Crippen LogP) is 3.35. The van der Waals surface area contributed by atoms with Crippen LogP contribution in [0.4, 0.5) is 9.52 Å². The number of hydrogen-bond acceptors (Lipinski definition) is 6. The zero-order chi connectivity index (χ0) is 17.6. The summed E-state index contributed by atoms with van der Waals surface area (Å²) in [4.78, 5) is 4.47. The zero-order valence-electron chi connectivity index (χ0n) is 13.7. The average Bonchev–Trinajstić information content (AvgIpc) is 3.07. The van der Waals surface area contributed by atoms with Gasteiger partial charge in [0.2, 0.25) is 0 Å². The number of aliphatic hydroxyl groups excluding tert-OH is 1. The molecule has 0 spiro atoms. The summed E-state index contributed by atoms with van der Waals surface area (Å²) in [6.07, 6.45) is 5.34. The molecule has 25 heavy (non-hydrogen) atoms. The topological polar surface area (TPSA) is 83.2 Å². The van der Waals surface area contributed by atoms with Gasteiger partial charge in [-0.2, -0.15) is 4.98 Å². The van der Waals surface area contributed by atoms with E-state index in [0.29, 0.717) is 16.9 Å². The number of aromatic nitrogens is 3. The molecule has 6 nitrogen and oxygen atoms in total. The van der Waals surface area contributed by atoms with Gasteiger partial charge in [0, 0.05) is 6.07 Å². The second-order valence-electron chi connectivity index (χ2n) is 6.47. The highest BCUT2D eigenvalue weighted by molar-refractivity contribution is 7.22. The summed E-state index contributed by atoms with van der Waals surface area (Å²) in [5.74, 6) is -0.639. The third-order valence-electron chi connectivity index (χ3n) is 4.59. The number of fused-ring (bicyclic) bond motifs is 1. The van der Waals surface area contributed by atoms with Gasteiger partial charge in [0.05, 0.1) is 23.0 Å². The van der Waals surface area contributed by atoms with E-state index in [0.717, 1.165) is 41.6 Å². The van der Waals surface area contributed by atoms with Gasteiger partial charge in [0.15, 0.2) is 10.8 Å². The van der Waals surface area contributed by atoms with Gasteiger partial charge < -0.3 is 15.5 Å². The lowest BCUT2D eigenvalue weighted by molar-refractivity contribution is 0.116. The fourth-order valence-corrected chi connectivity index (χ4v) is 4.23. The minimum atomic E-state index is -0.483. The predicted molar refractivity (Wildman–Crippen MR) is 95.0 cm³/mol. The van der Waals surface area contributed by atoms with Crippen molar-refractivity contribution in [2.45, 2.75) is 44.8 Å². The molecule has 2 atom stereocenters. The summed E-state index contributed by atoms with van der Waals surface area (Å²) < 4.78 is 15.7. The number of phenolic OH excluding ortho intramolecular Hbond substituents is 1. The number of halogens is 1. The summed E-state index contributed by atoms with van der Waals surface area (Å²) >= 11 is 1.45. The van der Waals surface area contributed by atoms with Crippen molar-refractivity contribution < 1.29 is 14.6 Å². The molecule has 1 aliphatic rings. The molecule has 132 valence electrons. The Kier molecular flexibility index (Phi) is 4.09. The number of aryl methyl sites for hydroxylation is 1. The van der Waals surface area contributed by atoms with E-state index in [1.807, 2.05) is 0 Å². The Labute approximate surface area is 147 Å². The normalized spacial score (nSPS) is 20.9. The maximum Gasteiger partial charge on any atom is 0.194 e.